The van der Waals surface area contributed by atoms with E-state index in [2.05, 4.69) is 10.3 Å². The molecule has 1 aromatic heterocycles. The van der Waals surface area contributed by atoms with Gasteiger partial charge in [0, 0.05) is 25.2 Å². The largest absolute Gasteiger partial charge is 0.391 e. The predicted octanol–water partition coefficient (Wildman–Crippen LogP) is 3.48. The summed E-state index contributed by atoms with van der Waals surface area (Å²) in [6.45, 7) is 1.37. The van der Waals surface area contributed by atoms with Crippen LogP contribution in [-0.4, -0.2) is 50.1 Å². The third-order valence-corrected chi connectivity index (χ3v) is 7.60. The van der Waals surface area contributed by atoms with Gasteiger partial charge in [-0.05, 0) is 55.2 Å². The molecule has 0 radical (unpaired) electrons. The molecule has 7 heteroatoms. The Bertz CT molecular complexity index is 926. The Kier molecular flexibility index (Phi) is 5.78. The molecule has 3 aliphatic rings. The minimum Gasteiger partial charge on any atom is -0.391 e. The number of carbonyl (C=O) groups is 1. The van der Waals surface area contributed by atoms with Crippen LogP contribution in [-0.2, 0) is 11.2 Å². The first-order chi connectivity index (χ1) is 15.1. The van der Waals surface area contributed by atoms with Crippen molar-refractivity contribution in [2.24, 2.45) is 11.8 Å². The lowest BCUT2D eigenvalue weighted by molar-refractivity contribution is -0.129. The predicted molar refractivity (Wildman–Crippen MR) is 114 cm³/mol. The third-order valence-electron chi connectivity index (χ3n) is 7.60. The number of hydrogen-bond acceptors (Lipinski definition) is 4. The molecule has 166 valence electrons. The summed E-state index contributed by atoms with van der Waals surface area (Å²) in [7, 11) is 0. The fourth-order valence-corrected chi connectivity index (χ4v) is 5.87. The SMILES string of the molecule is O=C(Cc1cccc(F)c1)N1C[C@H]2C[C@@H](n3cc(C4CCCCC4)nn3)[C@H](O)C[C@H]2C1. The number of benzene rings is 1. The van der Waals surface area contributed by atoms with E-state index in [0.717, 1.165) is 12.1 Å². The first kappa shape index (κ1) is 20.6. The summed E-state index contributed by atoms with van der Waals surface area (Å²) in [5, 5.41) is 19.7. The number of halogens is 1. The van der Waals surface area contributed by atoms with E-state index >= 15 is 0 Å². The van der Waals surface area contributed by atoms with E-state index in [9.17, 15) is 14.3 Å². The fraction of sp³-hybridized carbons (Fsp3) is 0.625. The number of aromatic nitrogens is 3. The van der Waals surface area contributed by atoms with Crippen LogP contribution in [0.1, 0.15) is 68.2 Å². The van der Waals surface area contributed by atoms with Gasteiger partial charge in [-0.3, -0.25) is 4.79 Å². The van der Waals surface area contributed by atoms with Gasteiger partial charge in [-0.2, -0.15) is 0 Å². The van der Waals surface area contributed by atoms with Gasteiger partial charge in [0.2, 0.25) is 5.91 Å². The number of fused-ring (bicyclic) bond motifs is 1. The van der Waals surface area contributed by atoms with Crippen LogP contribution in [0.15, 0.2) is 30.5 Å². The van der Waals surface area contributed by atoms with Gasteiger partial charge in [0.05, 0.1) is 24.3 Å². The maximum Gasteiger partial charge on any atom is 0.227 e. The summed E-state index contributed by atoms with van der Waals surface area (Å²) in [5.41, 5.74) is 1.77. The number of nitrogens with zero attached hydrogens (tertiary/aromatic N) is 4. The second kappa shape index (κ2) is 8.69. The summed E-state index contributed by atoms with van der Waals surface area (Å²) < 4.78 is 15.3. The van der Waals surface area contributed by atoms with Gasteiger partial charge in [-0.25, -0.2) is 9.07 Å². The van der Waals surface area contributed by atoms with Crippen molar-refractivity contribution >= 4 is 5.91 Å². The number of carbonyl (C=O) groups excluding carboxylic acids is 1. The van der Waals surface area contributed by atoms with Crippen LogP contribution >= 0.6 is 0 Å². The second-order valence-electron chi connectivity index (χ2n) is 9.69. The highest BCUT2D eigenvalue weighted by atomic mass is 19.1. The average molecular weight is 427 g/mol. The molecule has 3 fully saturated rings. The molecular formula is C24H31FN4O2. The van der Waals surface area contributed by atoms with E-state index in [0.29, 0.717) is 42.8 Å². The summed E-state index contributed by atoms with van der Waals surface area (Å²) in [5.74, 6) is 0.882. The quantitative estimate of drug-likeness (QED) is 0.813. The fourth-order valence-electron chi connectivity index (χ4n) is 5.87. The first-order valence-corrected chi connectivity index (χ1v) is 11.7. The standard InChI is InChI=1S/C24H31FN4O2/c25-20-8-4-5-16(9-20)10-24(31)28-13-18-11-22(23(30)12-19(18)14-28)29-15-21(26-27-29)17-6-2-1-3-7-17/h4-5,8-9,15,17-19,22-23,30H,1-3,6-7,10-14H2/t18-,19+,22-,23-/m1/s1. The van der Waals surface area contributed by atoms with E-state index in [1.54, 1.807) is 12.1 Å². The molecule has 4 atom stereocenters. The molecule has 5 rings (SSSR count). The van der Waals surface area contributed by atoms with Gasteiger partial charge in [0.15, 0.2) is 0 Å². The van der Waals surface area contributed by atoms with Crippen LogP contribution < -0.4 is 0 Å². The molecule has 2 aliphatic carbocycles. The van der Waals surface area contributed by atoms with E-state index < -0.39 is 6.10 Å². The van der Waals surface area contributed by atoms with Gasteiger partial charge in [0.1, 0.15) is 5.82 Å². The maximum absolute atomic E-state index is 13.4. The lowest BCUT2D eigenvalue weighted by Gasteiger charge is -2.34. The maximum atomic E-state index is 13.4. The molecule has 31 heavy (non-hydrogen) atoms. The zero-order valence-corrected chi connectivity index (χ0v) is 17.9. The van der Waals surface area contributed by atoms with Crippen molar-refractivity contribution in [2.45, 2.75) is 69.4 Å². The number of amides is 1. The molecule has 1 N–H and O–H groups in total. The lowest BCUT2D eigenvalue weighted by Crippen LogP contribution is -2.36. The van der Waals surface area contributed by atoms with E-state index in [1.165, 1.54) is 44.2 Å². The van der Waals surface area contributed by atoms with Crippen LogP contribution in [0.4, 0.5) is 4.39 Å². The highest BCUT2D eigenvalue weighted by Gasteiger charge is 2.44. The highest BCUT2D eigenvalue weighted by Crippen LogP contribution is 2.41. The van der Waals surface area contributed by atoms with Crippen molar-refractivity contribution in [3.63, 3.8) is 0 Å². The third kappa shape index (κ3) is 4.38. The second-order valence-corrected chi connectivity index (χ2v) is 9.69. The van der Waals surface area contributed by atoms with Crippen LogP contribution in [0.3, 0.4) is 0 Å². The minimum absolute atomic E-state index is 0.0337. The van der Waals surface area contributed by atoms with Gasteiger partial charge in [0.25, 0.3) is 0 Å². The Hall–Kier alpha value is -2.28. The number of rotatable bonds is 4. The molecule has 1 saturated heterocycles. The topological polar surface area (TPSA) is 71.2 Å². The molecule has 0 bridgehead atoms. The highest BCUT2D eigenvalue weighted by molar-refractivity contribution is 5.79. The minimum atomic E-state index is -0.472. The summed E-state index contributed by atoms with van der Waals surface area (Å²) >= 11 is 0. The lowest BCUT2D eigenvalue weighted by atomic mass is 9.77. The average Bonchev–Trinajstić information content (AvgIpc) is 3.41. The Morgan fingerprint density at radius 3 is 2.68 bits per heavy atom. The Morgan fingerprint density at radius 1 is 1.13 bits per heavy atom. The van der Waals surface area contributed by atoms with Gasteiger partial charge in [-0.15, -0.1) is 5.10 Å². The summed E-state index contributed by atoms with van der Waals surface area (Å²) in [6, 6.07) is 6.17. The number of aliphatic hydroxyl groups excluding tert-OH is 1. The molecule has 1 amide bonds. The summed E-state index contributed by atoms with van der Waals surface area (Å²) in [6.07, 6.45) is 9.46. The van der Waals surface area contributed by atoms with Gasteiger partial charge >= 0.3 is 0 Å². The van der Waals surface area contributed by atoms with E-state index in [4.69, 9.17) is 0 Å². The van der Waals surface area contributed by atoms with Gasteiger partial charge in [-0.1, -0.05) is 36.6 Å². The van der Waals surface area contributed by atoms with Crippen molar-refractivity contribution in [3.05, 3.63) is 47.5 Å². The first-order valence-electron chi connectivity index (χ1n) is 11.7. The zero-order valence-electron chi connectivity index (χ0n) is 17.9. The van der Waals surface area contributed by atoms with Gasteiger partial charge < -0.3 is 10.0 Å². The van der Waals surface area contributed by atoms with Crippen molar-refractivity contribution in [1.29, 1.82) is 0 Å². The molecular weight excluding hydrogens is 395 g/mol. The van der Waals surface area contributed by atoms with Crippen molar-refractivity contribution < 1.29 is 14.3 Å². The number of likely N-dealkylation sites (tertiary alicyclic amines) is 1. The number of aliphatic hydroxyl groups is 1. The number of hydrogen-bond donors (Lipinski definition) is 1. The monoisotopic (exact) mass is 426 g/mol. The Morgan fingerprint density at radius 2 is 1.90 bits per heavy atom. The molecule has 6 nitrogen and oxygen atoms in total. The van der Waals surface area contributed by atoms with Crippen molar-refractivity contribution in [2.75, 3.05) is 13.1 Å². The molecule has 2 aromatic rings. The molecule has 2 saturated carbocycles. The molecule has 0 unspecified atom stereocenters. The smallest absolute Gasteiger partial charge is 0.227 e. The van der Waals surface area contributed by atoms with Crippen LogP contribution in [0, 0.1) is 17.7 Å². The molecule has 0 spiro atoms. The Balaban J connectivity index is 1.23. The van der Waals surface area contributed by atoms with Crippen molar-refractivity contribution in [1.82, 2.24) is 19.9 Å². The Labute approximate surface area is 182 Å². The van der Waals surface area contributed by atoms with Crippen molar-refractivity contribution in [3.8, 4) is 0 Å². The van der Waals surface area contributed by atoms with E-state index in [1.807, 2.05) is 15.8 Å². The zero-order chi connectivity index (χ0) is 21.4. The van der Waals surface area contributed by atoms with E-state index in [-0.39, 0.29) is 24.2 Å². The van der Waals surface area contributed by atoms with Crippen LogP contribution in [0.5, 0.6) is 0 Å². The van der Waals surface area contributed by atoms with Crippen LogP contribution in [0.25, 0.3) is 0 Å². The molecule has 1 aromatic carbocycles. The molecule has 2 heterocycles. The molecule has 1 aliphatic heterocycles. The van der Waals surface area contributed by atoms with Crippen LogP contribution in [0.2, 0.25) is 0 Å². The normalized spacial score (nSPS) is 29.2. The summed E-state index contributed by atoms with van der Waals surface area (Å²) in [4.78, 5) is 14.7.